The summed E-state index contributed by atoms with van der Waals surface area (Å²) in [6.07, 6.45) is 1.88. The van der Waals surface area contributed by atoms with Gasteiger partial charge >= 0.3 is 0 Å². The summed E-state index contributed by atoms with van der Waals surface area (Å²) in [4.78, 5) is 4.82. The number of ether oxygens (including phenoxy) is 2. The molecule has 6 nitrogen and oxygen atoms in total. The Labute approximate surface area is 207 Å². The standard InChI is InChI=1S/C26H26N4O2S2/c1-5-12-30-23(17-6-9-19(10-7-17)26(2,3)4)28-29-25(30)34-15-20-14-33-24(27-20)18-8-11-21-22(13-18)32-16-31-21/h5-11,13-14H,1,12,15-16H2,2-4H3. The first-order valence-electron chi connectivity index (χ1n) is 11.0. The zero-order valence-corrected chi connectivity index (χ0v) is 21.1. The van der Waals surface area contributed by atoms with E-state index >= 15 is 0 Å². The number of hydrogen-bond donors (Lipinski definition) is 0. The van der Waals surface area contributed by atoms with Crippen LogP contribution in [0.2, 0.25) is 0 Å². The van der Waals surface area contributed by atoms with Crippen LogP contribution in [0.3, 0.4) is 0 Å². The van der Waals surface area contributed by atoms with Gasteiger partial charge in [-0.15, -0.1) is 28.1 Å². The molecule has 0 fully saturated rings. The van der Waals surface area contributed by atoms with Crippen LogP contribution in [0, 0.1) is 0 Å². The van der Waals surface area contributed by atoms with Crippen molar-refractivity contribution in [3.05, 3.63) is 71.8 Å². The van der Waals surface area contributed by atoms with Gasteiger partial charge in [-0.25, -0.2) is 4.98 Å². The first kappa shape index (κ1) is 22.7. The Kier molecular flexibility index (Phi) is 6.18. The van der Waals surface area contributed by atoms with Crippen LogP contribution in [0.4, 0.5) is 0 Å². The number of thioether (sulfide) groups is 1. The van der Waals surface area contributed by atoms with Crippen molar-refractivity contribution in [1.82, 2.24) is 19.7 Å². The number of rotatable bonds is 7. The van der Waals surface area contributed by atoms with Gasteiger partial charge in [-0.3, -0.25) is 4.57 Å². The van der Waals surface area contributed by atoms with Gasteiger partial charge in [0.1, 0.15) is 5.01 Å². The first-order valence-corrected chi connectivity index (χ1v) is 12.9. The summed E-state index contributed by atoms with van der Waals surface area (Å²) in [6, 6.07) is 14.5. The number of hydrogen-bond acceptors (Lipinski definition) is 7. The molecule has 3 heterocycles. The highest BCUT2D eigenvalue weighted by Crippen LogP contribution is 2.37. The average molecular weight is 491 g/mol. The van der Waals surface area contributed by atoms with E-state index in [9.17, 15) is 0 Å². The van der Waals surface area contributed by atoms with Gasteiger partial charge in [-0.05, 0) is 29.2 Å². The van der Waals surface area contributed by atoms with Crippen molar-refractivity contribution in [2.24, 2.45) is 0 Å². The van der Waals surface area contributed by atoms with Crippen LogP contribution in [0.1, 0.15) is 32.0 Å². The van der Waals surface area contributed by atoms with E-state index in [2.05, 4.69) is 71.8 Å². The number of allylic oxidation sites excluding steroid dienone is 1. The SMILES string of the molecule is C=CCn1c(SCc2csc(-c3ccc4c(c3)OCO4)n2)nnc1-c1ccc(C(C)(C)C)cc1. The summed E-state index contributed by atoms with van der Waals surface area (Å²) in [5.74, 6) is 3.10. The number of thiazole rings is 1. The molecule has 0 saturated heterocycles. The van der Waals surface area contributed by atoms with Crippen molar-refractivity contribution in [3.8, 4) is 33.5 Å². The molecule has 0 amide bonds. The maximum absolute atomic E-state index is 5.50. The summed E-state index contributed by atoms with van der Waals surface area (Å²) in [7, 11) is 0. The molecule has 0 radical (unpaired) electrons. The van der Waals surface area contributed by atoms with Gasteiger partial charge in [0.2, 0.25) is 6.79 Å². The van der Waals surface area contributed by atoms with Gasteiger partial charge in [-0.2, -0.15) is 0 Å². The second-order valence-electron chi connectivity index (χ2n) is 9.03. The number of aromatic nitrogens is 4. The third-order valence-electron chi connectivity index (χ3n) is 5.56. The maximum atomic E-state index is 5.50. The van der Waals surface area contributed by atoms with E-state index in [0.29, 0.717) is 12.3 Å². The molecule has 4 aromatic rings. The number of benzene rings is 2. The van der Waals surface area contributed by atoms with Gasteiger partial charge < -0.3 is 9.47 Å². The lowest BCUT2D eigenvalue weighted by Crippen LogP contribution is -2.10. The molecular weight excluding hydrogens is 464 g/mol. The first-order chi connectivity index (χ1) is 16.4. The molecule has 174 valence electrons. The second kappa shape index (κ2) is 9.27. The second-order valence-corrected chi connectivity index (χ2v) is 10.8. The highest BCUT2D eigenvalue weighted by atomic mass is 32.2. The smallest absolute Gasteiger partial charge is 0.231 e. The molecule has 34 heavy (non-hydrogen) atoms. The van der Waals surface area contributed by atoms with E-state index in [1.54, 1.807) is 23.1 Å². The Morgan fingerprint density at radius 3 is 2.59 bits per heavy atom. The van der Waals surface area contributed by atoms with Gasteiger partial charge in [0.15, 0.2) is 22.5 Å². The van der Waals surface area contributed by atoms with Crippen molar-refractivity contribution in [2.75, 3.05) is 6.79 Å². The van der Waals surface area contributed by atoms with E-state index in [1.165, 1.54) is 5.56 Å². The molecule has 1 aliphatic heterocycles. The van der Waals surface area contributed by atoms with Crippen LogP contribution in [0.15, 0.2) is 65.7 Å². The van der Waals surface area contributed by atoms with Crippen molar-refractivity contribution in [3.63, 3.8) is 0 Å². The number of nitrogens with zero attached hydrogens (tertiary/aromatic N) is 4. The fraction of sp³-hybridized carbons (Fsp3) is 0.269. The molecule has 8 heteroatoms. The maximum Gasteiger partial charge on any atom is 0.231 e. The van der Waals surface area contributed by atoms with E-state index in [0.717, 1.165) is 44.3 Å². The van der Waals surface area contributed by atoms with E-state index in [-0.39, 0.29) is 12.2 Å². The lowest BCUT2D eigenvalue weighted by Gasteiger charge is -2.19. The summed E-state index contributed by atoms with van der Waals surface area (Å²) in [5.41, 5.74) is 4.49. The van der Waals surface area contributed by atoms with Crippen LogP contribution in [0.5, 0.6) is 11.5 Å². The zero-order chi connectivity index (χ0) is 23.7. The van der Waals surface area contributed by atoms with Crippen molar-refractivity contribution in [1.29, 1.82) is 0 Å². The Morgan fingerprint density at radius 1 is 1.06 bits per heavy atom. The third kappa shape index (κ3) is 4.60. The Bertz CT molecular complexity index is 1320. The zero-order valence-electron chi connectivity index (χ0n) is 19.4. The van der Waals surface area contributed by atoms with Gasteiger partial charge in [-0.1, -0.05) is 62.9 Å². The largest absolute Gasteiger partial charge is 0.454 e. The lowest BCUT2D eigenvalue weighted by atomic mass is 9.87. The predicted octanol–water partition coefficient (Wildman–Crippen LogP) is 6.57. The molecular formula is C26H26N4O2S2. The van der Waals surface area contributed by atoms with Crippen LogP contribution >= 0.6 is 23.1 Å². The molecule has 2 aromatic carbocycles. The van der Waals surface area contributed by atoms with Crippen LogP contribution in [-0.2, 0) is 17.7 Å². The van der Waals surface area contributed by atoms with Crippen molar-refractivity contribution < 1.29 is 9.47 Å². The normalized spacial score (nSPS) is 12.8. The quantitative estimate of drug-likeness (QED) is 0.216. The van der Waals surface area contributed by atoms with E-state index in [1.807, 2.05) is 24.3 Å². The highest BCUT2D eigenvalue weighted by Gasteiger charge is 2.18. The van der Waals surface area contributed by atoms with Crippen molar-refractivity contribution in [2.45, 2.75) is 43.6 Å². The van der Waals surface area contributed by atoms with Gasteiger partial charge in [0.25, 0.3) is 0 Å². The van der Waals surface area contributed by atoms with Crippen molar-refractivity contribution >= 4 is 23.1 Å². The molecule has 0 atom stereocenters. The molecule has 5 rings (SSSR count). The minimum absolute atomic E-state index is 0.112. The lowest BCUT2D eigenvalue weighted by molar-refractivity contribution is 0.174. The third-order valence-corrected chi connectivity index (χ3v) is 7.50. The molecule has 1 aliphatic rings. The molecule has 0 aliphatic carbocycles. The van der Waals surface area contributed by atoms with E-state index in [4.69, 9.17) is 14.5 Å². The molecule has 0 saturated carbocycles. The average Bonchev–Trinajstić information content (AvgIpc) is 3.57. The molecule has 0 unspecified atom stereocenters. The summed E-state index contributed by atoms with van der Waals surface area (Å²) in [6.45, 7) is 11.5. The summed E-state index contributed by atoms with van der Waals surface area (Å²) < 4.78 is 13.0. The molecule has 0 N–H and O–H groups in total. The Morgan fingerprint density at radius 2 is 1.82 bits per heavy atom. The van der Waals surface area contributed by atoms with Crippen LogP contribution < -0.4 is 9.47 Å². The summed E-state index contributed by atoms with van der Waals surface area (Å²) >= 11 is 3.26. The topological polar surface area (TPSA) is 62.1 Å². The molecule has 0 bridgehead atoms. The minimum Gasteiger partial charge on any atom is -0.454 e. The van der Waals surface area contributed by atoms with Crippen LogP contribution in [-0.4, -0.2) is 26.5 Å². The fourth-order valence-corrected chi connectivity index (χ4v) is 5.46. The van der Waals surface area contributed by atoms with Gasteiger partial charge in [0.05, 0.1) is 5.69 Å². The molecule has 0 spiro atoms. The van der Waals surface area contributed by atoms with Gasteiger partial charge in [0, 0.05) is 28.8 Å². The summed E-state index contributed by atoms with van der Waals surface area (Å²) in [5, 5.41) is 12.9. The highest BCUT2D eigenvalue weighted by molar-refractivity contribution is 7.98. The van der Waals surface area contributed by atoms with Crippen LogP contribution in [0.25, 0.3) is 22.0 Å². The predicted molar refractivity (Wildman–Crippen MR) is 138 cm³/mol. The number of fused-ring (bicyclic) bond motifs is 1. The van der Waals surface area contributed by atoms with E-state index < -0.39 is 0 Å². The Hall–Kier alpha value is -3.10. The monoisotopic (exact) mass is 490 g/mol. The minimum atomic E-state index is 0.112. The Balaban J connectivity index is 1.32. The fourth-order valence-electron chi connectivity index (χ4n) is 3.70. The molecule has 2 aromatic heterocycles.